The van der Waals surface area contributed by atoms with Gasteiger partial charge < -0.3 is 34.9 Å². The van der Waals surface area contributed by atoms with Gasteiger partial charge in [0.25, 0.3) is 0 Å². The molecule has 0 saturated carbocycles. The lowest BCUT2D eigenvalue weighted by molar-refractivity contribution is -0.148. The van der Waals surface area contributed by atoms with Crippen LogP contribution in [0.15, 0.2) is 6.07 Å². The van der Waals surface area contributed by atoms with Gasteiger partial charge in [0.2, 0.25) is 6.79 Å². The van der Waals surface area contributed by atoms with E-state index in [1.165, 1.54) is 0 Å². The van der Waals surface area contributed by atoms with Gasteiger partial charge in [-0.05, 0) is 44.9 Å². The van der Waals surface area contributed by atoms with Gasteiger partial charge in [-0.1, -0.05) is 27.3 Å². The van der Waals surface area contributed by atoms with Gasteiger partial charge in [0.05, 0.1) is 19.2 Å². The molecule has 0 radical (unpaired) electrons. The Hall–Kier alpha value is -2.86. The van der Waals surface area contributed by atoms with Crippen LogP contribution >= 0.6 is 12.6 Å². The molecule has 11 heteroatoms. The molecule has 4 aliphatic heterocycles. The fourth-order valence-corrected chi connectivity index (χ4v) is 7.22. The monoisotopic (exact) mass is 603 g/mol. The number of nitrogens with zero attached hydrogens (tertiary/aromatic N) is 2. The molecule has 2 bridgehead atoms. The van der Waals surface area contributed by atoms with E-state index in [-0.39, 0.29) is 56.2 Å². The molecule has 5 atom stereocenters. The maximum atomic E-state index is 12.6. The summed E-state index contributed by atoms with van der Waals surface area (Å²) in [5.41, 5.74) is 10.9. The molecule has 4 aliphatic rings. The second kappa shape index (κ2) is 12.4. The molecule has 2 aromatic carbocycles. The molecule has 5 unspecified atom stereocenters. The maximum Gasteiger partial charge on any atom is 0.323 e. The Balaban J connectivity index is 0.00000132. The number of phenols is 2. The standard InChI is InChI=1S/C28H35N3O7S.C2H6.CH4/c1-12-5-14-6-15-8-31-18(22(30(15)3)20(14)24(33)25(12)35-4)7-16-21(19(31)9-36-28(34)17(29)10-39)27-26(37-11-38-27)13(2)23(16)32;1-2;/h5,15,17-19,22,32-33,39H,6-11,29H2,1-4H3;1-2H3;1H4. The summed E-state index contributed by atoms with van der Waals surface area (Å²) in [6, 6.07) is 0.712. The highest BCUT2D eigenvalue weighted by Gasteiger charge is 2.52. The molecule has 2 aromatic rings. The van der Waals surface area contributed by atoms with Crippen molar-refractivity contribution in [1.29, 1.82) is 0 Å². The van der Waals surface area contributed by atoms with Gasteiger partial charge in [-0.3, -0.25) is 14.6 Å². The molecule has 232 valence electrons. The number of hydrogen-bond acceptors (Lipinski definition) is 11. The Kier molecular flexibility index (Phi) is 9.46. The number of phenolic OH excluding ortho intramolecular Hbond substituents is 2. The van der Waals surface area contributed by atoms with Gasteiger partial charge in [0.1, 0.15) is 18.4 Å². The van der Waals surface area contributed by atoms with E-state index < -0.39 is 18.1 Å². The van der Waals surface area contributed by atoms with E-state index in [1.54, 1.807) is 7.11 Å². The van der Waals surface area contributed by atoms with E-state index in [0.717, 1.165) is 34.2 Å². The number of hydrogen-bond donors (Lipinski definition) is 4. The van der Waals surface area contributed by atoms with E-state index >= 15 is 0 Å². The minimum Gasteiger partial charge on any atom is -0.507 e. The number of methoxy groups -OCH3 is 1. The number of nitrogens with two attached hydrogens (primary N) is 1. The molecular formula is C31H45N3O7S. The number of carbonyl (C=O) groups is 1. The molecule has 0 aliphatic carbocycles. The maximum absolute atomic E-state index is 12.6. The fourth-order valence-electron chi connectivity index (χ4n) is 7.07. The Morgan fingerprint density at radius 1 is 1.17 bits per heavy atom. The summed E-state index contributed by atoms with van der Waals surface area (Å²) in [5.74, 6) is 1.53. The Morgan fingerprint density at radius 2 is 1.86 bits per heavy atom. The van der Waals surface area contributed by atoms with Crippen LogP contribution in [0, 0.1) is 13.8 Å². The smallest absolute Gasteiger partial charge is 0.323 e. The van der Waals surface area contributed by atoms with Crippen LogP contribution in [-0.2, 0) is 22.4 Å². The van der Waals surface area contributed by atoms with Gasteiger partial charge >= 0.3 is 5.97 Å². The lowest BCUT2D eigenvalue weighted by atomic mass is 9.74. The van der Waals surface area contributed by atoms with Crippen molar-refractivity contribution < 1.29 is 34.0 Å². The van der Waals surface area contributed by atoms with Crippen LogP contribution in [0.2, 0.25) is 0 Å². The zero-order valence-electron chi connectivity index (χ0n) is 24.6. The zero-order chi connectivity index (χ0) is 29.7. The second-order valence-corrected chi connectivity index (χ2v) is 11.3. The SMILES string of the molecule is C.CC.COc1c(C)cc2c(c1O)C1C3Cc4c(O)c(C)c5c(c4C(COC(=O)C(N)CS)N3CC(C2)N1C)OCO5. The van der Waals surface area contributed by atoms with Crippen LogP contribution in [0.1, 0.15) is 66.7 Å². The molecule has 4 N–H and O–H groups in total. The van der Waals surface area contributed by atoms with Crippen molar-refractivity contribution in [2.75, 3.05) is 39.9 Å². The van der Waals surface area contributed by atoms with Gasteiger partial charge in [-0.15, -0.1) is 0 Å². The van der Waals surface area contributed by atoms with Crippen molar-refractivity contribution in [2.45, 2.75) is 78.2 Å². The first-order valence-electron chi connectivity index (χ1n) is 14.2. The molecule has 0 amide bonds. The molecule has 0 spiro atoms. The predicted molar refractivity (Wildman–Crippen MR) is 164 cm³/mol. The number of rotatable bonds is 5. The fraction of sp³-hybridized carbons (Fsp3) is 0.581. The lowest BCUT2D eigenvalue weighted by Crippen LogP contribution is -2.64. The quantitative estimate of drug-likeness (QED) is 0.296. The van der Waals surface area contributed by atoms with E-state index in [0.29, 0.717) is 35.8 Å². The first-order chi connectivity index (χ1) is 19.7. The highest BCUT2D eigenvalue weighted by atomic mass is 32.1. The zero-order valence-corrected chi connectivity index (χ0v) is 25.5. The highest BCUT2D eigenvalue weighted by Crippen LogP contribution is 2.57. The average molecular weight is 604 g/mol. The lowest BCUT2D eigenvalue weighted by Gasteiger charge is -2.57. The summed E-state index contributed by atoms with van der Waals surface area (Å²) < 4.78 is 23.0. The minimum absolute atomic E-state index is 0. The molecule has 10 nitrogen and oxygen atoms in total. The summed E-state index contributed by atoms with van der Waals surface area (Å²) in [6.45, 7) is 8.55. The summed E-state index contributed by atoms with van der Waals surface area (Å²) in [4.78, 5) is 17.3. The van der Waals surface area contributed by atoms with Crippen LogP contribution in [0.4, 0.5) is 0 Å². The number of ether oxygens (including phenoxy) is 4. The minimum atomic E-state index is -0.838. The number of thiol groups is 1. The van der Waals surface area contributed by atoms with Crippen molar-refractivity contribution in [3.8, 4) is 28.7 Å². The third kappa shape index (κ3) is 4.84. The normalized spacial score (nSPS) is 24.2. The molecule has 1 saturated heterocycles. The summed E-state index contributed by atoms with van der Waals surface area (Å²) in [6.07, 6.45) is 1.26. The highest BCUT2D eigenvalue weighted by molar-refractivity contribution is 7.80. The Morgan fingerprint density at radius 3 is 2.52 bits per heavy atom. The number of benzene rings is 2. The largest absolute Gasteiger partial charge is 0.507 e. The number of fused-ring (bicyclic) bond motifs is 9. The summed E-state index contributed by atoms with van der Waals surface area (Å²) >= 11 is 4.14. The molecule has 6 rings (SSSR count). The number of esters is 1. The molecule has 4 heterocycles. The Bertz CT molecular complexity index is 1350. The topological polar surface area (TPSA) is 127 Å². The van der Waals surface area contributed by atoms with Crippen molar-refractivity contribution >= 4 is 18.6 Å². The van der Waals surface area contributed by atoms with E-state index in [9.17, 15) is 15.0 Å². The molecular weight excluding hydrogens is 558 g/mol. The number of likely N-dealkylation sites (N-methyl/N-ethyl adjacent to an activating group) is 1. The first kappa shape index (κ1) is 32.1. The van der Waals surface area contributed by atoms with E-state index in [1.807, 2.05) is 27.7 Å². The number of piperazine rings is 1. The summed E-state index contributed by atoms with van der Waals surface area (Å²) in [5, 5.41) is 22.8. The predicted octanol–water partition coefficient (Wildman–Crippen LogP) is 3.79. The van der Waals surface area contributed by atoms with Crippen LogP contribution < -0.4 is 19.9 Å². The van der Waals surface area contributed by atoms with Crippen LogP contribution in [-0.4, -0.2) is 84.0 Å². The average Bonchev–Trinajstić information content (AvgIpc) is 3.45. The van der Waals surface area contributed by atoms with Crippen molar-refractivity contribution in [2.24, 2.45) is 5.73 Å². The number of carbonyl (C=O) groups excluding carboxylic acids is 1. The third-order valence-electron chi connectivity index (χ3n) is 8.94. The van der Waals surface area contributed by atoms with E-state index in [2.05, 4.69) is 35.5 Å². The third-order valence-corrected chi connectivity index (χ3v) is 9.33. The van der Waals surface area contributed by atoms with Crippen molar-refractivity contribution in [3.63, 3.8) is 0 Å². The Labute approximate surface area is 254 Å². The van der Waals surface area contributed by atoms with Gasteiger partial charge in [0.15, 0.2) is 23.0 Å². The van der Waals surface area contributed by atoms with Crippen LogP contribution in [0.5, 0.6) is 28.7 Å². The number of aryl methyl sites for hydroxylation is 1. The van der Waals surface area contributed by atoms with Gasteiger partial charge in [-0.25, -0.2) is 0 Å². The van der Waals surface area contributed by atoms with Crippen molar-refractivity contribution in [1.82, 2.24) is 9.80 Å². The van der Waals surface area contributed by atoms with Crippen LogP contribution in [0.25, 0.3) is 0 Å². The molecule has 0 aromatic heterocycles. The van der Waals surface area contributed by atoms with Crippen LogP contribution in [0.3, 0.4) is 0 Å². The number of aromatic hydroxyl groups is 2. The first-order valence-corrected chi connectivity index (χ1v) is 14.8. The molecule has 1 fully saturated rings. The summed E-state index contributed by atoms with van der Waals surface area (Å²) in [7, 11) is 3.65. The van der Waals surface area contributed by atoms with Gasteiger partial charge in [0, 0.05) is 46.6 Å². The second-order valence-electron chi connectivity index (χ2n) is 11.0. The molecule has 42 heavy (non-hydrogen) atoms. The van der Waals surface area contributed by atoms with Crippen molar-refractivity contribution in [3.05, 3.63) is 39.4 Å². The van der Waals surface area contributed by atoms with Gasteiger partial charge in [-0.2, -0.15) is 12.6 Å². The van der Waals surface area contributed by atoms with E-state index in [4.69, 9.17) is 24.7 Å².